The fraction of sp³-hybridized carbons (Fsp3) is 0.727. The lowest BCUT2D eigenvalue weighted by Gasteiger charge is -2.12. The van der Waals surface area contributed by atoms with Crippen molar-refractivity contribution >= 4 is 22.6 Å². The number of amides is 1. The van der Waals surface area contributed by atoms with Crippen LogP contribution in [0.5, 0.6) is 0 Å². The van der Waals surface area contributed by atoms with E-state index in [4.69, 9.17) is 0 Å². The monoisotopic (exact) mass is 252 g/mol. The SMILES string of the molecule is CC(Nc1nc(C2CC2)ns1)C(=O)NC1CC1. The largest absolute Gasteiger partial charge is 0.352 e. The van der Waals surface area contributed by atoms with Crippen LogP contribution >= 0.6 is 11.5 Å². The van der Waals surface area contributed by atoms with Gasteiger partial charge in [-0.25, -0.2) is 4.98 Å². The van der Waals surface area contributed by atoms with Crippen molar-refractivity contribution in [3.05, 3.63) is 5.82 Å². The molecule has 3 rings (SSSR count). The summed E-state index contributed by atoms with van der Waals surface area (Å²) in [7, 11) is 0. The maximum atomic E-state index is 11.7. The molecule has 0 radical (unpaired) electrons. The van der Waals surface area contributed by atoms with Crippen LogP contribution in [0, 0.1) is 0 Å². The second-order valence-corrected chi connectivity index (χ2v) is 5.63. The van der Waals surface area contributed by atoms with Crippen molar-refractivity contribution in [1.29, 1.82) is 0 Å². The number of nitrogens with one attached hydrogen (secondary N) is 2. The molecule has 92 valence electrons. The average Bonchev–Trinajstić information content (AvgIpc) is 3.21. The predicted octanol–water partition coefficient (Wildman–Crippen LogP) is 1.49. The maximum absolute atomic E-state index is 11.7. The zero-order valence-corrected chi connectivity index (χ0v) is 10.6. The van der Waals surface area contributed by atoms with E-state index in [1.54, 1.807) is 0 Å². The highest BCUT2D eigenvalue weighted by Gasteiger charge is 2.29. The van der Waals surface area contributed by atoms with E-state index in [-0.39, 0.29) is 11.9 Å². The van der Waals surface area contributed by atoms with Gasteiger partial charge in [-0.3, -0.25) is 4.79 Å². The summed E-state index contributed by atoms with van der Waals surface area (Å²) in [5.41, 5.74) is 0. The Morgan fingerprint density at radius 3 is 2.82 bits per heavy atom. The minimum atomic E-state index is -0.240. The van der Waals surface area contributed by atoms with Gasteiger partial charge in [-0.05, 0) is 32.6 Å². The Balaban J connectivity index is 1.54. The Morgan fingerprint density at radius 1 is 1.41 bits per heavy atom. The summed E-state index contributed by atoms with van der Waals surface area (Å²) in [5, 5.41) is 6.84. The van der Waals surface area contributed by atoms with Crippen LogP contribution in [0.1, 0.15) is 44.3 Å². The van der Waals surface area contributed by atoms with E-state index >= 15 is 0 Å². The van der Waals surface area contributed by atoms with Crippen molar-refractivity contribution in [2.24, 2.45) is 0 Å². The summed E-state index contributed by atoms with van der Waals surface area (Å²) >= 11 is 1.35. The smallest absolute Gasteiger partial charge is 0.242 e. The molecule has 2 aliphatic carbocycles. The van der Waals surface area contributed by atoms with Crippen LogP contribution in [0.4, 0.5) is 5.13 Å². The molecule has 5 nitrogen and oxygen atoms in total. The Morgan fingerprint density at radius 2 is 2.18 bits per heavy atom. The number of carbonyl (C=O) groups is 1. The minimum absolute atomic E-state index is 0.0515. The summed E-state index contributed by atoms with van der Waals surface area (Å²) in [4.78, 5) is 16.1. The molecule has 1 aromatic rings. The lowest BCUT2D eigenvalue weighted by Crippen LogP contribution is -2.38. The Labute approximate surface area is 104 Å². The minimum Gasteiger partial charge on any atom is -0.352 e. The molecule has 6 heteroatoms. The quantitative estimate of drug-likeness (QED) is 0.833. The first kappa shape index (κ1) is 11.0. The average molecular weight is 252 g/mol. The van der Waals surface area contributed by atoms with Gasteiger partial charge in [0, 0.05) is 23.5 Å². The molecule has 1 unspecified atom stereocenters. The molecule has 0 aromatic carbocycles. The van der Waals surface area contributed by atoms with E-state index in [9.17, 15) is 4.79 Å². The first-order valence-corrected chi connectivity index (χ1v) is 6.90. The molecule has 2 N–H and O–H groups in total. The van der Waals surface area contributed by atoms with Crippen LogP contribution in [0.3, 0.4) is 0 Å². The zero-order valence-electron chi connectivity index (χ0n) is 9.77. The van der Waals surface area contributed by atoms with Crippen LogP contribution < -0.4 is 10.6 Å². The Kier molecular flexibility index (Phi) is 2.74. The third kappa shape index (κ3) is 2.74. The molecule has 2 fully saturated rings. The number of aromatic nitrogens is 2. The zero-order chi connectivity index (χ0) is 11.8. The molecule has 1 aromatic heterocycles. The highest BCUT2D eigenvalue weighted by molar-refractivity contribution is 7.09. The summed E-state index contributed by atoms with van der Waals surface area (Å²) in [6.07, 6.45) is 4.63. The van der Waals surface area contributed by atoms with Crippen molar-refractivity contribution in [3.8, 4) is 0 Å². The molecular formula is C11H16N4OS. The third-order valence-corrected chi connectivity index (χ3v) is 3.70. The number of nitrogens with zero attached hydrogens (tertiary/aromatic N) is 2. The summed E-state index contributed by atoms with van der Waals surface area (Å²) in [6, 6.07) is 0.166. The van der Waals surface area contributed by atoms with Crippen molar-refractivity contribution in [2.45, 2.75) is 50.6 Å². The van der Waals surface area contributed by atoms with Gasteiger partial charge in [0.1, 0.15) is 11.9 Å². The van der Waals surface area contributed by atoms with Crippen molar-refractivity contribution in [3.63, 3.8) is 0 Å². The van der Waals surface area contributed by atoms with Crippen LogP contribution in [0.15, 0.2) is 0 Å². The second-order valence-electron chi connectivity index (χ2n) is 4.88. The van der Waals surface area contributed by atoms with Gasteiger partial charge in [-0.2, -0.15) is 4.37 Å². The van der Waals surface area contributed by atoms with Gasteiger partial charge in [0.25, 0.3) is 0 Å². The number of hydrogen-bond donors (Lipinski definition) is 2. The highest BCUT2D eigenvalue weighted by atomic mass is 32.1. The molecule has 2 aliphatic rings. The van der Waals surface area contributed by atoms with Crippen molar-refractivity contribution in [2.75, 3.05) is 5.32 Å². The molecule has 0 saturated heterocycles. The molecule has 2 saturated carbocycles. The van der Waals surface area contributed by atoms with E-state index in [1.165, 1.54) is 24.4 Å². The van der Waals surface area contributed by atoms with Crippen LogP contribution in [0.2, 0.25) is 0 Å². The van der Waals surface area contributed by atoms with Crippen molar-refractivity contribution in [1.82, 2.24) is 14.7 Å². The van der Waals surface area contributed by atoms with Gasteiger partial charge in [0.2, 0.25) is 11.0 Å². The maximum Gasteiger partial charge on any atom is 0.242 e. The first-order valence-electron chi connectivity index (χ1n) is 6.13. The number of rotatable bonds is 5. The van der Waals surface area contributed by atoms with Crippen LogP contribution in [0.25, 0.3) is 0 Å². The van der Waals surface area contributed by atoms with Crippen molar-refractivity contribution < 1.29 is 4.79 Å². The summed E-state index contributed by atoms with van der Waals surface area (Å²) < 4.78 is 4.30. The molecule has 17 heavy (non-hydrogen) atoms. The second kappa shape index (κ2) is 4.25. The van der Waals surface area contributed by atoms with E-state index in [2.05, 4.69) is 20.0 Å². The van der Waals surface area contributed by atoms with Gasteiger partial charge < -0.3 is 10.6 Å². The Hall–Kier alpha value is -1.17. The third-order valence-electron chi connectivity index (χ3n) is 3.04. The van der Waals surface area contributed by atoms with Gasteiger partial charge in [-0.1, -0.05) is 0 Å². The number of carbonyl (C=O) groups excluding carboxylic acids is 1. The fourth-order valence-corrected chi connectivity index (χ4v) is 2.34. The summed E-state index contributed by atoms with van der Waals surface area (Å²) in [5.74, 6) is 1.56. The highest BCUT2D eigenvalue weighted by Crippen LogP contribution is 2.39. The standard InChI is InChI=1S/C11H16N4OS/c1-6(10(16)13-8-4-5-8)12-11-14-9(15-17-11)7-2-3-7/h6-8H,2-5H2,1H3,(H,13,16)(H,12,14,15). The topological polar surface area (TPSA) is 66.9 Å². The lowest BCUT2D eigenvalue weighted by molar-refractivity contribution is -0.121. The van der Waals surface area contributed by atoms with Crippen LogP contribution in [-0.4, -0.2) is 27.3 Å². The van der Waals surface area contributed by atoms with E-state index in [0.29, 0.717) is 12.0 Å². The van der Waals surface area contributed by atoms with Gasteiger partial charge >= 0.3 is 0 Å². The van der Waals surface area contributed by atoms with E-state index in [1.807, 2.05) is 6.92 Å². The van der Waals surface area contributed by atoms with Gasteiger partial charge in [0.05, 0.1) is 0 Å². The molecule has 0 aliphatic heterocycles. The van der Waals surface area contributed by atoms with E-state index < -0.39 is 0 Å². The van der Waals surface area contributed by atoms with Crippen LogP contribution in [-0.2, 0) is 4.79 Å². The fourth-order valence-electron chi connectivity index (χ4n) is 1.61. The summed E-state index contributed by atoms with van der Waals surface area (Å²) in [6.45, 7) is 1.86. The van der Waals surface area contributed by atoms with Gasteiger partial charge in [0.15, 0.2) is 0 Å². The van der Waals surface area contributed by atoms with Gasteiger partial charge in [-0.15, -0.1) is 0 Å². The molecular weight excluding hydrogens is 236 g/mol. The number of hydrogen-bond acceptors (Lipinski definition) is 5. The molecule has 0 spiro atoms. The lowest BCUT2D eigenvalue weighted by atomic mass is 10.3. The molecule has 1 atom stereocenters. The van der Waals surface area contributed by atoms with E-state index in [0.717, 1.165) is 23.8 Å². The normalized spacial score (nSPS) is 21.0. The molecule has 1 amide bonds. The molecule has 0 bridgehead atoms. The number of anilines is 1. The first-order chi connectivity index (χ1) is 8.22. The Bertz CT molecular complexity index is 425. The molecule has 1 heterocycles. The predicted molar refractivity (Wildman–Crippen MR) is 66.1 cm³/mol.